The van der Waals surface area contributed by atoms with E-state index in [1.165, 1.54) is 0 Å². The van der Waals surface area contributed by atoms with E-state index in [9.17, 15) is 4.79 Å². The summed E-state index contributed by atoms with van der Waals surface area (Å²) in [5.74, 6) is 0.0145. The number of hydrogen-bond acceptors (Lipinski definition) is 3. The minimum atomic E-state index is 0.0145. The molecule has 0 saturated carbocycles. The van der Waals surface area contributed by atoms with Crippen LogP contribution in [-0.2, 0) is 4.79 Å². The van der Waals surface area contributed by atoms with Gasteiger partial charge >= 0.3 is 0 Å². The normalized spacial score (nSPS) is 10.1. The molecule has 108 valence electrons. The van der Waals surface area contributed by atoms with Crippen molar-refractivity contribution in [2.45, 2.75) is 6.42 Å². The zero-order valence-electron chi connectivity index (χ0n) is 12.4. The number of amides is 1. The van der Waals surface area contributed by atoms with E-state index in [1.807, 2.05) is 36.2 Å². The molecule has 0 atom stereocenters. The first-order valence-corrected chi connectivity index (χ1v) is 6.93. The molecule has 1 amide bonds. The highest BCUT2D eigenvalue weighted by Crippen LogP contribution is 2.25. The Hall–Kier alpha value is -2.54. The lowest BCUT2D eigenvalue weighted by Gasteiger charge is -2.24. The molecule has 2 aromatic carbocycles. The van der Waals surface area contributed by atoms with E-state index in [1.54, 1.807) is 11.9 Å². The van der Waals surface area contributed by atoms with Crippen LogP contribution in [0.25, 0.3) is 10.8 Å². The predicted octanol–water partition coefficient (Wildman–Crippen LogP) is 2.65. The molecule has 0 saturated heterocycles. The number of benzene rings is 2. The average molecular weight is 281 g/mol. The highest BCUT2D eigenvalue weighted by Gasteiger charge is 2.13. The van der Waals surface area contributed by atoms with Crippen molar-refractivity contribution in [3.63, 3.8) is 0 Å². The maximum Gasteiger partial charge on any atom is 0.241 e. The van der Waals surface area contributed by atoms with Crippen LogP contribution in [0.3, 0.4) is 0 Å². The number of carbonyl (C=O) groups excluding carboxylic acids is 1. The van der Waals surface area contributed by atoms with Crippen molar-refractivity contribution >= 4 is 22.4 Å². The minimum absolute atomic E-state index is 0.0145. The van der Waals surface area contributed by atoms with Crippen molar-refractivity contribution in [2.24, 2.45) is 0 Å². The fourth-order valence-corrected chi connectivity index (χ4v) is 2.29. The van der Waals surface area contributed by atoms with Crippen LogP contribution in [0.1, 0.15) is 6.42 Å². The van der Waals surface area contributed by atoms with Gasteiger partial charge < -0.3 is 9.80 Å². The van der Waals surface area contributed by atoms with E-state index in [4.69, 9.17) is 5.26 Å². The molecular weight excluding hydrogens is 262 g/mol. The summed E-state index contributed by atoms with van der Waals surface area (Å²) in [7, 11) is 3.65. The Kier molecular flexibility index (Phi) is 4.78. The molecular formula is C17H19N3O. The third-order valence-electron chi connectivity index (χ3n) is 3.54. The second-order valence-corrected chi connectivity index (χ2v) is 5.08. The molecule has 0 aliphatic heterocycles. The third-order valence-corrected chi connectivity index (χ3v) is 3.54. The number of likely N-dealkylation sites (N-methyl/N-ethyl adjacent to an activating group) is 2. The van der Waals surface area contributed by atoms with Crippen LogP contribution in [-0.4, -0.2) is 38.0 Å². The van der Waals surface area contributed by atoms with E-state index in [0.717, 1.165) is 16.5 Å². The van der Waals surface area contributed by atoms with E-state index < -0.39 is 0 Å². The minimum Gasteiger partial charge on any atom is -0.365 e. The Labute approximate surface area is 125 Å². The van der Waals surface area contributed by atoms with Gasteiger partial charge in [0.05, 0.1) is 19.0 Å². The zero-order valence-corrected chi connectivity index (χ0v) is 12.4. The van der Waals surface area contributed by atoms with Crippen molar-refractivity contribution < 1.29 is 4.79 Å². The summed E-state index contributed by atoms with van der Waals surface area (Å²) in [6.45, 7) is 0.772. The molecule has 0 aliphatic carbocycles. The lowest BCUT2D eigenvalue weighted by atomic mass is 10.1. The summed E-state index contributed by atoms with van der Waals surface area (Å²) in [5.41, 5.74) is 1.04. The Morgan fingerprint density at radius 1 is 1.14 bits per heavy atom. The van der Waals surface area contributed by atoms with Gasteiger partial charge in [-0.25, -0.2) is 0 Å². The highest BCUT2D eigenvalue weighted by molar-refractivity contribution is 5.95. The molecule has 0 bridgehead atoms. The SMILES string of the molecule is CN(CCC#N)C(=O)CN(C)c1cccc2ccccc12. The summed E-state index contributed by atoms with van der Waals surface area (Å²) in [4.78, 5) is 15.7. The molecule has 0 fully saturated rings. The van der Waals surface area contributed by atoms with Crippen LogP contribution in [0.4, 0.5) is 5.69 Å². The fourth-order valence-electron chi connectivity index (χ4n) is 2.29. The van der Waals surface area contributed by atoms with Crippen molar-refractivity contribution in [1.82, 2.24) is 4.90 Å². The Morgan fingerprint density at radius 3 is 2.62 bits per heavy atom. The molecule has 0 spiro atoms. The summed E-state index contributed by atoms with van der Waals surface area (Å²) in [6.07, 6.45) is 0.361. The van der Waals surface area contributed by atoms with Crippen LogP contribution in [0.2, 0.25) is 0 Å². The van der Waals surface area contributed by atoms with Crippen LogP contribution in [0.5, 0.6) is 0 Å². The van der Waals surface area contributed by atoms with Crippen molar-refractivity contribution in [3.05, 3.63) is 42.5 Å². The van der Waals surface area contributed by atoms with Gasteiger partial charge in [-0.1, -0.05) is 36.4 Å². The number of fused-ring (bicyclic) bond motifs is 1. The molecule has 0 unspecified atom stereocenters. The topological polar surface area (TPSA) is 47.3 Å². The average Bonchev–Trinajstić information content (AvgIpc) is 2.51. The number of rotatable bonds is 5. The van der Waals surface area contributed by atoms with Gasteiger partial charge in [-0.2, -0.15) is 5.26 Å². The van der Waals surface area contributed by atoms with Gasteiger partial charge in [-0.3, -0.25) is 4.79 Å². The Balaban J connectivity index is 2.14. The summed E-state index contributed by atoms with van der Waals surface area (Å²) in [6, 6.07) is 16.3. The van der Waals surface area contributed by atoms with Crippen molar-refractivity contribution in [2.75, 3.05) is 32.1 Å². The first-order chi connectivity index (χ1) is 10.1. The zero-order chi connectivity index (χ0) is 15.2. The standard InChI is InChI=1S/C17H19N3O/c1-19(12-6-11-18)17(21)13-20(2)16-10-5-8-14-7-3-4-9-15(14)16/h3-5,7-10H,6,12-13H2,1-2H3. The summed E-state index contributed by atoms with van der Waals surface area (Å²) < 4.78 is 0. The summed E-state index contributed by atoms with van der Waals surface area (Å²) >= 11 is 0. The first kappa shape index (κ1) is 14.9. The Morgan fingerprint density at radius 2 is 1.86 bits per heavy atom. The number of nitrogens with zero attached hydrogens (tertiary/aromatic N) is 3. The molecule has 0 radical (unpaired) electrons. The molecule has 2 aromatic rings. The van der Waals surface area contributed by atoms with Gasteiger partial charge in [0.1, 0.15) is 0 Å². The number of anilines is 1. The molecule has 0 aromatic heterocycles. The highest BCUT2D eigenvalue weighted by atomic mass is 16.2. The smallest absolute Gasteiger partial charge is 0.241 e. The molecule has 0 N–H and O–H groups in total. The van der Waals surface area contributed by atoms with Gasteiger partial charge in [-0.15, -0.1) is 0 Å². The fraction of sp³-hybridized carbons (Fsp3) is 0.294. The second kappa shape index (κ2) is 6.76. The molecule has 0 aliphatic rings. The van der Waals surface area contributed by atoms with Crippen molar-refractivity contribution in [1.29, 1.82) is 5.26 Å². The van der Waals surface area contributed by atoms with Gasteiger partial charge in [-0.05, 0) is 11.5 Å². The lowest BCUT2D eigenvalue weighted by Crippen LogP contribution is -2.37. The van der Waals surface area contributed by atoms with Crippen LogP contribution >= 0.6 is 0 Å². The summed E-state index contributed by atoms with van der Waals surface area (Å²) in [5, 5.41) is 10.9. The van der Waals surface area contributed by atoms with E-state index in [-0.39, 0.29) is 5.91 Å². The van der Waals surface area contributed by atoms with Crippen molar-refractivity contribution in [3.8, 4) is 6.07 Å². The number of hydrogen-bond donors (Lipinski definition) is 0. The molecule has 4 heteroatoms. The lowest BCUT2D eigenvalue weighted by molar-refractivity contribution is -0.128. The van der Waals surface area contributed by atoms with Gasteiger partial charge in [0.25, 0.3) is 0 Å². The third kappa shape index (κ3) is 3.51. The van der Waals surface area contributed by atoms with Gasteiger partial charge in [0.2, 0.25) is 5.91 Å². The molecule has 2 rings (SSSR count). The largest absolute Gasteiger partial charge is 0.365 e. The molecule has 4 nitrogen and oxygen atoms in total. The quantitative estimate of drug-likeness (QED) is 0.846. The Bertz CT molecular complexity index is 670. The monoisotopic (exact) mass is 281 g/mol. The van der Waals surface area contributed by atoms with E-state index in [0.29, 0.717) is 19.5 Å². The number of carbonyl (C=O) groups is 1. The van der Waals surface area contributed by atoms with Crippen LogP contribution in [0, 0.1) is 11.3 Å². The van der Waals surface area contributed by atoms with Gasteiger partial charge in [0.15, 0.2) is 0 Å². The molecule has 21 heavy (non-hydrogen) atoms. The predicted molar refractivity (Wildman–Crippen MR) is 85.1 cm³/mol. The molecule has 0 heterocycles. The van der Waals surface area contributed by atoms with E-state index >= 15 is 0 Å². The maximum atomic E-state index is 12.1. The first-order valence-electron chi connectivity index (χ1n) is 6.93. The number of nitriles is 1. The van der Waals surface area contributed by atoms with Gasteiger partial charge in [0, 0.05) is 31.7 Å². The van der Waals surface area contributed by atoms with Crippen LogP contribution < -0.4 is 4.90 Å². The van der Waals surface area contributed by atoms with Crippen LogP contribution in [0.15, 0.2) is 42.5 Å². The second-order valence-electron chi connectivity index (χ2n) is 5.08. The maximum absolute atomic E-state index is 12.1. The van der Waals surface area contributed by atoms with E-state index in [2.05, 4.69) is 24.3 Å².